The van der Waals surface area contributed by atoms with Crippen LogP contribution in [0.25, 0.3) is 0 Å². The first-order valence-corrected chi connectivity index (χ1v) is 7.41. The van der Waals surface area contributed by atoms with E-state index in [2.05, 4.69) is 10.6 Å². The van der Waals surface area contributed by atoms with Gasteiger partial charge in [-0.25, -0.2) is 0 Å². The molecule has 0 aromatic rings. The van der Waals surface area contributed by atoms with Gasteiger partial charge in [0, 0.05) is 58.3 Å². The highest BCUT2D eigenvalue weighted by molar-refractivity contribution is 6.13. The van der Waals surface area contributed by atoms with Gasteiger partial charge in [-0.05, 0) is 0 Å². The highest BCUT2D eigenvalue weighted by Gasteiger charge is 2.23. The van der Waals surface area contributed by atoms with Crippen LogP contribution in [0.5, 0.6) is 0 Å². The van der Waals surface area contributed by atoms with Crippen molar-refractivity contribution in [3.8, 4) is 0 Å². The van der Waals surface area contributed by atoms with Crippen molar-refractivity contribution in [2.45, 2.75) is 6.42 Å². The SMILES string of the molecule is CNC(=O)CN(CCN)CCNC(=O)CCN1C(=O)C=CC1=O. The van der Waals surface area contributed by atoms with E-state index in [1.165, 1.54) is 12.2 Å². The number of nitrogens with one attached hydrogen (secondary N) is 2. The first kappa shape index (κ1) is 18.8. The maximum atomic E-state index is 11.7. The monoisotopic (exact) mass is 325 g/mol. The molecule has 0 radical (unpaired) electrons. The van der Waals surface area contributed by atoms with E-state index in [1.54, 1.807) is 7.05 Å². The molecule has 4 amide bonds. The zero-order valence-electron chi connectivity index (χ0n) is 13.2. The average molecular weight is 325 g/mol. The zero-order valence-corrected chi connectivity index (χ0v) is 13.2. The average Bonchev–Trinajstić information content (AvgIpc) is 2.84. The van der Waals surface area contributed by atoms with Gasteiger partial charge in [-0.15, -0.1) is 0 Å². The predicted octanol–water partition coefficient (Wildman–Crippen LogP) is -2.58. The molecule has 1 heterocycles. The van der Waals surface area contributed by atoms with Crippen LogP contribution in [0.1, 0.15) is 6.42 Å². The van der Waals surface area contributed by atoms with Gasteiger partial charge in [-0.2, -0.15) is 0 Å². The van der Waals surface area contributed by atoms with Crippen LogP contribution < -0.4 is 16.4 Å². The van der Waals surface area contributed by atoms with Crippen molar-refractivity contribution in [2.75, 3.05) is 46.3 Å². The fraction of sp³-hybridized carbons (Fsp3) is 0.571. The van der Waals surface area contributed by atoms with Crippen LogP contribution in [0.15, 0.2) is 12.2 Å². The second-order valence-corrected chi connectivity index (χ2v) is 5.00. The molecule has 0 aromatic carbocycles. The Bertz CT molecular complexity index is 474. The van der Waals surface area contributed by atoms with E-state index in [0.717, 1.165) is 4.90 Å². The molecular weight excluding hydrogens is 302 g/mol. The lowest BCUT2D eigenvalue weighted by molar-refractivity contribution is -0.137. The largest absolute Gasteiger partial charge is 0.358 e. The normalized spacial score (nSPS) is 13.8. The molecule has 1 aliphatic rings. The van der Waals surface area contributed by atoms with Crippen molar-refractivity contribution in [2.24, 2.45) is 5.73 Å². The lowest BCUT2D eigenvalue weighted by Crippen LogP contribution is -2.43. The van der Waals surface area contributed by atoms with Crippen molar-refractivity contribution in [3.63, 3.8) is 0 Å². The molecule has 9 heteroatoms. The Labute approximate surface area is 134 Å². The summed E-state index contributed by atoms with van der Waals surface area (Å²) in [6.45, 7) is 2.08. The van der Waals surface area contributed by atoms with E-state index in [0.29, 0.717) is 26.2 Å². The lowest BCUT2D eigenvalue weighted by Gasteiger charge is -2.20. The van der Waals surface area contributed by atoms with E-state index in [1.807, 2.05) is 4.90 Å². The van der Waals surface area contributed by atoms with Crippen LogP contribution in [0.4, 0.5) is 0 Å². The highest BCUT2D eigenvalue weighted by Crippen LogP contribution is 2.03. The molecule has 0 aromatic heterocycles. The molecule has 0 bridgehead atoms. The van der Waals surface area contributed by atoms with E-state index < -0.39 is 11.8 Å². The molecule has 0 atom stereocenters. The Morgan fingerprint density at radius 1 is 1.17 bits per heavy atom. The van der Waals surface area contributed by atoms with Gasteiger partial charge in [0.25, 0.3) is 11.8 Å². The fourth-order valence-electron chi connectivity index (χ4n) is 2.04. The first-order chi connectivity index (χ1) is 11.0. The molecule has 9 nitrogen and oxygen atoms in total. The van der Waals surface area contributed by atoms with Gasteiger partial charge in [0.2, 0.25) is 11.8 Å². The van der Waals surface area contributed by atoms with E-state index in [9.17, 15) is 19.2 Å². The predicted molar refractivity (Wildman–Crippen MR) is 83.0 cm³/mol. The van der Waals surface area contributed by atoms with Gasteiger partial charge in [-0.3, -0.25) is 29.0 Å². The quantitative estimate of drug-likeness (QED) is 0.379. The molecule has 23 heavy (non-hydrogen) atoms. The summed E-state index contributed by atoms with van der Waals surface area (Å²) in [5.74, 6) is -1.18. The number of carbonyl (C=O) groups excluding carboxylic acids is 4. The number of amides is 4. The lowest BCUT2D eigenvalue weighted by atomic mass is 10.3. The maximum absolute atomic E-state index is 11.7. The number of rotatable bonds is 10. The molecule has 0 spiro atoms. The summed E-state index contributed by atoms with van der Waals surface area (Å²) >= 11 is 0. The van der Waals surface area contributed by atoms with Crippen molar-refractivity contribution in [3.05, 3.63) is 12.2 Å². The zero-order chi connectivity index (χ0) is 17.2. The Morgan fingerprint density at radius 2 is 1.83 bits per heavy atom. The van der Waals surface area contributed by atoms with Crippen molar-refractivity contribution >= 4 is 23.6 Å². The molecule has 0 saturated carbocycles. The minimum atomic E-state index is -0.400. The summed E-state index contributed by atoms with van der Waals surface area (Å²) in [5, 5.41) is 5.22. The van der Waals surface area contributed by atoms with E-state index in [4.69, 9.17) is 5.73 Å². The second kappa shape index (κ2) is 9.70. The summed E-state index contributed by atoms with van der Waals surface area (Å²) in [6, 6.07) is 0. The van der Waals surface area contributed by atoms with Crippen molar-refractivity contribution < 1.29 is 19.2 Å². The smallest absolute Gasteiger partial charge is 0.253 e. The Hall–Kier alpha value is -2.26. The molecular formula is C14H23N5O4. The van der Waals surface area contributed by atoms with Gasteiger partial charge in [-0.1, -0.05) is 0 Å². The fourth-order valence-corrected chi connectivity index (χ4v) is 2.04. The molecule has 0 saturated heterocycles. The summed E-state index contributed by atoms with van der Waals surface area (Å²) < 4.78 is 0. The number of hydrogen-bond donors (Lipinski definition) is 3. The van der Waals surface area contributed by atoms with Crippen LogP contribution in [-0.4, -0.2) is 79.7 Å². The molecule has 0 fully saturated rings. The number of hydrogen-bond acceptors (Lipinski definition) is 6. The van der Waals surface area contributed by atoms with Gasteiger partial charge < -0.3 is 16.4 Å². The first-order valence-electron chi connectivity index (χ1n) is 7.41. The van der Waals surface area contributed by atoms with E-state index in [-0.39, 0.29) is 31.3 Å². The maximum Gasteiger partial charge on any atom is 0.253 e. The Kier molecular flexibility index (Phi) is 7.92. The Morgan fingerprint density at radius 3 is 2.39 bits per heavy atom. The third-order valence-electron chi connectivity index (χ3n) is 3.30. The number of likely N-dealkylation sites (N-methyl/N-ethyl adjacent to an activating group) is 1. The molecule has 4 N–H and O–H groups in total. The van der Waals surface area contributed by atoms with Crippen LogP contribution in [0.2, 0.25) is 0 Å². The highest BCUT2D eigenvalue weighted by atomic mass is 16.2. The summed E-state index contributed by atoms with van der Waals surface area (Å²) in [4.78, 5) is 48.6. The van der Waals surface area contributed by atoms with E-state index >= 15 is 0 Å². The topological polar surface area (TPSA) is 125 Å². The number of nitrogens with two attached hydrogens (primary N) is 1. The minimum absolute atomic E-state index is 0.0471. The third kappa shape index (κ3) is 6.57. The summed E-state index contributed by atoms with van der Waals surface area (Å²) in [7, 11) is 1.56. The molecule has 128 valence electrons. The van der Waals surface area contributed by atoms with Crippen LogP contribution in [0.3, 0.4) is 0 Å². The number of imide groups is 1. The molecule has 1 rings (SSSR count). The molecule has 0 aliphatic carbocycles. The molecule has 1 aliphatic heterocycles. The van der Waals surface area contributed by atoms with Crippen LogP contribution >= 0.6 is 0 Å². The second-order valence-electron chi connectivity index (χ2n) is 5.00. The van der Waals surface area contributed by atoms with Crippen molar-refractivity contribution in [1.82, 2.24) is 20.4 Å². The molecule has 0 unspecified atom stereocenters. The number of nitrogens with zero attached hydrogens (tertiary/aromatic N) is 2. The van der Waals surface area contributed by atoms with Crippen molar-refractivity contribution in [1.29, 1.82) is 0 Å². The number of carbonyl (C=O) groups is 4. The van der Waals surface area contributed by atoms with Crippen LogP contribution in [-0.2, 0) is 19.2 Å². The van der Waals surface area contributed by atoms with Gasteiger partial charge in [0.1, 0.15) is 0 Å². The van der Waals surface area contributed by atoms with Crippen LogP contribution in [0, 0.1) is 0 Å². The summed E-state index contributed by atoms with van der Waals surface area (Å²) in [6.07, 6.45) is 2.42. The minimum Gasteiger partial charge on any atom is -0.358 e. The Balaban J connectivity index is 2.25. The third-order valence-corrected chi connectivity index (χ3v) is 3.30. The van der Waals surface area contributed by atoms with Gasteiger partial charge >= 0.3 is 0 Å². The van der Waals surface area contributed by atoms with Gasteiger partial charge in [0.15, 0.2) is 0 Å². The summed E-state index contributed by atoms with van der Waals surface area (Å²) in [5.41, 5.74) is 5.49. The standard InChI is InChI=1S/C14H23N5O4/c1-16-12(21)10-18(8-5-15)9-6-17-11(20)4-7-19-13(22)2-3-14(19)23/h2-3H,4-10,15H2,1H3,(H,16,21)(H,17,20). The van der Waals surface area contributed by atoms with Gasteiger partial charge in [0.05, 0.1) is 6.54 Å².